The molecular formula is C26H24N2O4. The van der Waals surface area contributed by atoms with Crippen molar-refractivity contribution in [3.8, 4) is 11.5 Å². The summed E-state index contributed by atoms with van der Waals surface area (Å²) >= 11 is 0. The molecule has 3 aromatic rings. The van der Waals surface area contributed by atoms with Crippen LogP contribution in [-0.2, 0) is 9.59 Å². The van der Waals surface area contributed by atoms with Crippen LogP contribution in [0, 0.1) is 0 Å². The molecule has 0 unspecified atom stereocenters. The summed E-state index contributed by atoms with van der Waals surface area (Å²) in [6.07, 6.45) is 0. The zero-order chi connectivity index (χ0) is 22.5. The van der Waals surface area contributed by atoms with Gasteiger partial charge in [-0.3, -0.25) is 9.59 Å². The Morgan fingerprint density at radius 2 is 1.44 bits per heavy atom. The average Bonchev–Trinajstić information content (AvgIpc) is 3.05. The maximum Gasteiger partial charge on any atom is 0.282 e. The van der Waals surface area contributed by atoms with Crippen molar-refractivity contribution in [2.24, 2.45) is 0 Å². The number of nitrogens with zero attached hydrogens (tertiary/aromatic N) is 1. The molecule has 0 atom stereocenters. The summed E-state index contributed by atoms with van der Waals surface area (Å²) < 4.78 is 11.0. The summed E-state index contributed by atoms with van der Waals surface area (Å²) in [5.41, 5.74) is 2.36. The molecule has 0 radical (unpaired) electrons. The molecule has 0 saturated carbocycles. The Kier molecular flexibility index (Phi) is 6.22. The zero-order valence-electron chi connectivity index (χ0n) is 18.0. The first-order chi connectivity index (χ1) is 15.6. The van der Waals surface area contributed by atoms with Crippen molar-refractivity contribution >= 4 is 28.8 Å². The van der Waals surface area contributed by atoms with Crippen molar-refractivity contribution in [2.45, 2.75) is 13.8 Å². The van der Waals surface area contributed by atoms with Gasteiger partial charge in [-0.15, -0.1) is 0 Å². The molecule has 2 amide bonds. The third-order valence-electron chi connectivity index (χ3n) is 4.97. The summed E-state index contributed by atoms with van der Waals surface area (Å²) in [6, 6.07) is 23.4. The Hall–Kier alpha value is -4.06. The molecule has 0 spiro atoms. The minimum Gasteiger partial charge on any atom is -0.494 e. The molecule has 1 aliphatic heterocycles. The van der Waals surface area contributed by atoms with E-state index >= 15 is 0 Å². The van der Waals surface area contributed by atoms with Crippen molar-refractivity contribution < 1.29 is 19.1 Å². The van der Waals surface area contributed by atoms with Crippen molar-refractivity contribution in [1.29, 1.82) is 0 Å². The van der Waals surface area contributed by atoms with Gasteiger partial charge in [0.15, 0.2) is 0 Å². The number of carbonyl (C=O) groups excluding carboxylic acids is 2. The van der Waals surface area contributed by atoms with Crippen LogP contribution in [0.1, 0.15) is 19.4 Å². The van der Waals surface area contributed by atoms with Crippen LogP contribution in [0.2, 0.25) is 0 Å². The van der Waals surface area contributed by atoms with E-state index in [9.17, 15) is 9.59 Å². The molecule has 0 saturated heterocycles. The summed E-state index contributed by atoms with van der Waals surface area (Å²) in [7, 11) is 0. The molecule has 0 aromatic heterocycles. The normalized spacial score (nSPS) is 13.5. The number of nitrogens with one attached hydrogen (secondary N) is 1. The van der Waals surface area contributed by atoms with Crippen LogP contribution in [0.3, 0.4) is 0 Å². The summed E-state index contributed by atoms with van der Waals surface area (Å²) in [5, 5.41) is 3.16. The lowest BCUT2D eigenvalue weighted by Crippen LogP contribution is -2.32. The monoisotopic (exact) mass is 428 g/mol. The van der Waals surface area contributed by atoms with E-state index in [0.717, 1.165) is 0 Å². The van der Waals surface area contributed by atoms with Gasteiger partial charge >= 0.3 is 0 Å². The number of imide groups is 1. The number of carbonyl (C=O) groups is 2. The lowest BCUT2D eigenvalue weighted by Gasteiger charge is -2.16. The smallest absolute Gasteiger partial charge is 0.282 e. The highest BCUT2D eigenvalue weighted by molar-refractivity contribution is 6.46. The summed E-state index contributed by atoms with van der Waals surface area (Å²) in [6.45, 7) is 4.87. The molecule has 4 rings (SSSR count). The van der Waals surface area contributed by atoms with Crippen molar-refractivity contribution in [3.05, 3.63) is 90.1 Å². The Balaban J connectivity index is 1.73. The van der Waals surface area contributed by atoms with E-state index in [4.69, 9.17) is 9.47 Å². The van der Waals surface area contributed by atoms with E-state index in [-0.39, 0.29) is 11.6 Å². The Morgan fingerprint density at radius 1 is 0.750 bits per heavy atom. The van der Waals surface area contributed by atoms with E-state index < -0.39 is 5.91 Å². The highest BCUT2D eigenvalue weighted by Crippen LogP contribution is 2.34. The van der Waals surface area contributed by atoms with Gasteiger partial charge in [0, 0.05) is 11.8 Å². The highest BCUT2D eigenvalue weighted by atomic mass is 16.5. The van der Waals surface area contributed by atoms with Gasteiger partial charge in [-0.25, -0.2) is 4.90 Å². The second-order valence-corrected chi connectivity index (χ2v) is 7.07. The minimum atomic E-state index is -0.417. The van der Waals surface area contributed by atoms with Crippen LogP contribution in [0.5, 0.6) is 11.5 Å². The number of benzene rings is 3. The van der Waals surface area contributed by atoms with Crippen LogP contribution in [0.4, 0.5) is 11.4 Å². The van der Waals surface area contributed by atoms with Crippen LogP contribution in [-0.4, -0.2) is 25.0 Å². The topological polar surface area (TPSA) is 67.9 Å². The summed E-state index contributed by atoms with van der Waals surface area (Å²) in [4.78, 5) is 28.1. The standard InChI is InChI=1S/C26H24N2O4/c1-3-31-21-15-13-20(14-16-21)28-25(29)23(18-9-6-5-7-10-18)24(26(28)30)27-19-11-8-12-22(17-19)32-4-2/h5-17,27H,3-4H2,1-2H3. The number of anilines is 2. The van der Waals surface area contributed by atoms with Gasteiger partial charge in [0.05, 0.1) is 24.5 Å². The second-order valence-electron chi connectivity index (χ2n) is 7.07. The fraction of sp³-hybridized carbons (Fsp3) is 0.154. The molecule has 6 heteroatoms. The van der Waals surface area contributed by atoms with Crippen molar-refractivity contribution in [1.82, 2.24) is 0 Å². The number of hydrogen-bond acceptors (Lipinski definition) is 5. The molecule has 1 aliphatic rings. The Bertz CT molecular complexity index is 1150. The lowest BCUT2D eigenvalue weighted by atomic mass is 10.0. The largest absolute Gasteiger partial charge is 0.494 e. The molecule has 3 aromatic carbocycles. The van der Waals surface area contributed by atoms with Gasteiger partial charge in [0.1, 0.15) is 17.2 Å². The highest BCUT2D eigenvalue weighted by Gasteiger charge is 2.40. The van der Waals surface area contributed by atoms with Gasteiger partial charge in [-0.1, -0.05) is 36.4 Å². The van der Waals surface area contributed by atoms with Gasteiger partial charge in [0.25, 0.3) is 11.8 Å². The Labute approximate surface area is 187 Å². The summed E-state index contributed by atoms with van der Waals surface area (Å²) in [5.74, 6) is 0.561. The van der Waals surface area contributed by atoms with Crippen LogP contribution >= 0.6 is 0 Å². The molecule has 0 aliphatic carbocycles. The fourth-order valence-electron chi connectivity index (χ4n) is 3.59. The maximum absolute atomic E-state index is 13.4. The molecule has 162 valence electrons. The quantitative estimate of drug-likeness (QED) is 0.518. The van der Waals surface area contributed by atoms with E-state index in [2.05, 4.69) is 5.32 Å². The van der Waals surface area contributed by atoms with Crippen LogP contribution in [0.15, 0.2) is 84.6 Å². The number of ether oxygens (including phenoxy) is 2. The molecule has 1 heterocycles. The predicted octanol–water partition coefficient (Wildman–Crippen LogP) is 4.88. The zero-order valence-corrected chi connectivity index (χ0v) is 18.0. The first-order valence-corrected chi connectivity index (χ1v) is 10.5. The third-order valence-corrected chi connectivity index (χ3v) is 4.97. The first-order valence-electron chi connectivity index (χ1n) is 10.5. The molecular weight excluding hydrogens is 404 g/mol. The van der Waals surface area contributed by atoms with E-state index in [0.29, 0.717) is 47.2 Å². The van der Waals surface area contributed by atoms with Crippen LogP contribution in [0.25, 0.3) is 5.57 Å². The predicted molar refractivity (Wildman–Crippen MR) is 125 cm³/mol. The molecule has 32 heavy (non-hydrogen) atoms. The van der Waals surface area contributed by atoms with Crippen molar-refractivity contribution in [3.63, 3.8) is 0 Å². The average molecular weight is 428 g/mol. The van der Waals surface area contributed by atoms with E-state index in [1.807, 2.05) is 62.4 Å². The number of rotatable bonds is 8. The number of hydrogen-bond donors (Lipinski definition) is 1. The van der Waals surface area contributed by atoms with Gasteiger partial charge in [-0.05, 0) is 55.8 Å². The van der Waals surface area contributed by atoms with E-state index in [1.165, 1.54) is 4.90 Å². The first kappa shape index (κ1) is 21.2. The molecule has 0 bridgehead atoms. The SMILES string of the molecule is CCOc1ccc(N2C(=O)C(Nc3cccc(OCC)c3)=C(c3ccccc3)C2=O)cc1. The lowest BCUT2D eigenvalue weighted by molar-refractivity contribution is -0.120. The fourth-order valence-corrected chi connectivity index (χ4v) is 3.59. The van der Waals surface area contributed by atoms with Gasteiger partial charge in [-0.2, -0.15) is 0 Å². The van der Waals surface area contributed by atoms with Gasteiger partial charge < -0.3 is 14.8 Å². The number of amides is 2. The molecule has 6 nitrogen and oxygen atoms in total. The van der Waals surface area contributed by atoms with Crippen molar-refractivity contribution in [2.75, 3.05) is 23.4 Å². The third kappa shape index (κ3) is 4.21. The molecule has 1 N–H and O–H groups in total. The van der Waals surface area contributed by atoms with E-state index in [1.54, 1.807) is 30.3 Å². The Morgan fingerprint density at radius 3 is 2.12 bits per heavy atom. The van der Waals surface area contributed by atoms with Gasteiger partial charge in [0.2, 0.25) is 0 Å². The van der Waals surface area contributed by atoms with Crippen LogP contribution < -0.4 is 19.7 Å². The maximum atomic E-state index is 13.4. The second kappa shape index (κ2) is 9.39. The molecule has 0 fully saturated rings. The minimum absolute atomic E-state index is 0.226.